The molecule has 0 unspecified atom stereocenters. The van der Waals surface area contributed by atoms with Gasteiger partial charge >= 0.3 is 0 Å². The van der Waals surface area contributed by atoms with E-state index in [2.05, 4.69) is 14.7 Å². The van der Waals surface area contributed by atoms with Crippen LogP contribution in [0.5, 0.6) is 0 Å². The summed E-state index contributed by atoms with van der Waals surface area (Å²) < 4.78 is 29.7. The highest BCUT2D eigenvalue weighted by atomic mass is 32.2. The molecule has 0 amide bonds. The molecule has 7 nitrogen and oxygen atoms in total. The van der Waals surface area contributed by atoms with Gasteiger partial charge in [0.2, 0.25) is 16.0 Å². The van der Waals surface area contributed by atoms with E-state index in [9.17, 15) is 8.42 Å². The topological polar surface area (TPSA) is 84.4 Å². The highest BCUT2D eigenvalue weighted by Crippen LogP contribution is 2.09. The molecule has 1 N–H and O–H groups in total. The van der Waals surface area contributed by atoms with Gasteiger partial charge in [-0.2, -0.15) is 0 Å². The fourth-order valence-electron chi connectivity index (χ4n) is 1.60. The second kappa shape index (κ2) is 5.59. The Hall–Kier alpha value is -1.25. The van der Waals surface area contributed by atoms with Crippen molar-refractivity contribution in [2.75, 3.05) is 37.5 Å². The van der Waals surface area contributed by atoms with Gasteiger partial charge < -0.3 is 9.64 Å². The molecule has 1 aliphatic rings. The Morgan fingerprint density at radius 3 is 2.83 bits per heavy atom. The molecule has 0 spiro atoms. The number of hydrogen-bond acceptors (Lipinski definition) is 6. The van der Waals surface area contributed by atoms with Crippen molar-refractivity contribution in [3.8, 4) is 0 Å². The van der Waals surface area contributed by atoms with E-state index in [-0.39, 0.29) is 6.54 Å². The molecule has 0 aliphatic carbocycles. The van der Waals surface area contributed by atoms with Crippen molar-refractivity contribution < 1.29 is 13.2 Å². The second-order valence-corrected chi connectivity index (χ2v) is 5.87. The molecule has 1 aromatic rings. The largest absolute Gasteiger partial charge is 0.378 e. The van der Waals surface area contributed by atoms with Crippen LogP contribution in [0.15, 0.2) is 12.3 Å². The minimum atomic E-state index is -3.20. The van der Waals surface area contributed by atoms with Gasteiger partial charge in [0.25, 0.3) is 0 Å². The molecule has 100 valence electrons. The summed E-state index contributed by atoms with van der Waals surface area (Å²) in [6, 6.07) is 1.70. The molecule has 0 saturated carbocycles. The minimum Gasteiger partial charge on any atom is -0.378 e. The molecule has 0 aromatic carbocycles. The number of sulfonamides is 1. The predicted molar refractivity (Wildman–Crippen MR) is 66.7 cm³/mol. The molecule has 0 atom stereocenters. The number of anilines is 1. The van der Waals surface area contributed by atoms with E-state index >= 15 is 0 Å². The first kappa shape index (κ1) is 13.2. The molecular formula is C10H16N4O3S. The number of nitrogens with zero attached hydrogens (tertiary/aromatic N) is 3. The predicted octanol–water partition coefficient (Wildman–Crippen LogP) is -0.638. The zero-order chi connectivity index (χ0) is 13.0. The zero-order valence-corrected chi connectivity index (χ0v) is 11.0. The van der Waals surface area contributed by atoms with Gasteiger partial charge in [-0.05, 0) is 6.07 Å². The Balaban J connectivity index is 2.04. The molecule has 18 heavy (non-hydrogen) atoms. The minimum absolute atomic E-state index is 0.179. The van der Waals surface area contributed by atoms with Crippen LogP contribution in [0, 0.1) is 0 Å². The van der Waals surface area contributed by atoms with Crippen LogP contribution in [-0.2, 0) is 21.3 Å². The maximum absolute atomic E-state index is 11.0. The summed E-state index contributed by atoms with van der Waals surface area (Å²) >= 11 is 0. The molecule has 1 fully saturated rings. The summed E-state index contributed by atoms with van der Waals surface area (Å²) in [6.45, 7) is 3.01. The quantitative estimate of drug-likeness (QED) is 0.785. The Morgan fingerprint density at radius 2 is 2.17 bits per heavy atom. The lowest BCUT2D eigenvalue weighted by Gasteiger charge is -2.26. The number of ether oxygens (including phenoxy) is 1. The number of morpholine rings is 1. The maximum Gasteiger partial charge on any atom is 0.225 e. The van der Waals surface area contributed by atoms with E-state index in [0.717, 1.165) is 19.3 Å². The number of rotatable bonds is 4. The molecule has 1 aromatic heterocycles. The molecular weight excluding hydrogens is 256 g/mol. The lowest BCUT2D eigenvalue weighted by atomic mass is 10.4. The molecule has 1 aliphatic heterocycles. The standard InChI is InChI=1S/C10H16N4O3S/c1-18(15,16)12-8-9-2-3-11-10(13-9)14-4-6-17-7-5-14/h2-3,12H,4-8H2,1H3. The Labute approximate surface area is 106 Å². The molecule has 0 radical (unpaired) electrons. The molecule has 2 rings (SSSR count). The monoisotopic (exact) mass is 272 g/mol. The highest BCUT2D eigenvalue weighted by molar-refractivity contribution is 7.88. The normalized spacial score (nSPS) is 16.8. The van der Waals surface area contributed by atoms with E-state index in [4.69, 9.17) is 4.74 Å². The fourth-order valence-corrected chi connectivity index (χ4v) is 2.01. The average molecular weight is 272 g/mol. The Bertz CT molecular complexity index is 500. The summed E-state index contributed by atoms with van der Waals surface area (Å²) in [6.07, 6.45) is 2.76. The smallest absolute Gasteiger partial charge is 0.225 e. The van der Waals surface area contributed by atoms with E-state index in [0.29, 0.717) is 24.9 Å². The van der Waals surface area contributed by atoms with E-state index in [1.165, 1.54) is 0 Å². The van der Waals surface area contributed by atoms with Gasteiger partial charge in [-0.25, -0.2) is 23.1 Å². The van der Waals surface area contributed by atoms with Crippen molar-refractivity contribution in [1.82, 2.24) is 14.7 Å². The van der Waals surface area contributed by atoms with Crippen LogP contribution >= 0.6 is 0 Å². The molecule has 1 saturated heterocycles. The van der Waals surface area contributed by atoms with Gasteiger partial charge in [0.15, 0.2) is 0 Å². The lowest BCUT2D eigenvalue weighted by Crippen LogP contribution is -2.37. The third-order valence-electron chi connectivity index (χ3n) is 2.51. The zero-order valence-electron chi connectivity index (χ0n) is 10.2. The Morgan fingerprint density at radius 1 is 1.44 bits per heavy atom. The highest BCUT2D eigenvalue weighted by Gasteiger charge is 2.14. The van der Waals surface area contributed by atoms with Gasteiger partial charge in [0.05, 0.1) is 31.7 Å². The number of nitrogens with one attached hydrogen (secondary N) is 1. The van der Waals surface area contributed by atoms with Gasteiger partial charge in [0, 0.05) is 19.3 Å². The van der Waals surface area contributed by atoms with Gasteiger partial charge in [-0.3, -0.25) is 0 Å². The first-order valence-corrected chi connectivity index (χ1v) is 7.53. The van der Waals surface area contributed by atoms with E-state index in [1.807, 2.05) is 4.90 Å². The second-order valence-electron chi connectivity index (χ2n) is 4.04. The van der Waals surface area contributed by atoms with Crippen molar-refractivity contribution in [2.24, 2.45) is 0 Å². The summed E-state index contributed by atoms with van der Waals surface area (Å²) in [5.41, 5.74) is 0.650. The first-order valence-electron chi connectivity index (χ1n) is 5.64. The van der Waals surface area contributed by atoms with Crippen molar-refractivity contribution in [2.45, 2.75) is 6.54 Å². The molecule has 0 bridgehead atoms. The SMILES string of the molecule is CS(=O)(=O)NCc1ccnc(N2CCOCC2)n1. The number of aromatic nitrogens is 2. The van der Waals surface area contributed by atoms with Crippen molar-refractivity contribution in [3.63, 3.8) is 0 Å². The van der Waals surface area contributed by atoms with Crippen LogP contribution < -0.4 is 9.62 Å². The van der Waals surface area contributed by atoms with Crippen molar-refractivity contribution >= 4 is 16.0 Å². The van der Waals surface area contributed by atoms with Crippen LogP contribution in [-0.4, -0.2) is 50.9 Å². The summed E-state index contributed by atoms with van der Waals surface area (Å²) in [5.74, 6) is 0.617. The van der Waals surface area contributed by atoms with Crippen LogP contribution in [0.4, 0.5) is 5.95 Å². The van der Waals surface area contributed by atoms with Crippen LogP contribution in [0.1, 0.15) is 5.69 Å². The molecule has 2 heterocycles. The van der Waals surface area contributed by atoms with Crippen molar-refractivity contribution in [3.05, 3.63) is 18.0 Å². The van der Waals surface area contributed by atoms with Crippen LogP contribution in [0.3, 0.4) is 0 Å². The van der Waals surface area contributed by atoms with Gasteiger partial charge in [-0.1, -0.05) is 0 Å². The van der Waals surface area contributed by atoms with E-state index < -0.39 is 10.0 Å². The summed E-state index contributed by atoms with van der Waals surface area (Å²) in [5, 5.41) is 0. The summed E-state index contributed by atoms with van der Waals surface area (Å²) in [7, 11) is -3.20. The van der Waals surface area contributed by atoms with Gasteiger partial charge in [-0.15, -0.1) is 0 Å². The number of hydrogen-bond donors (Lipinski definition) is 1. The van der Waals surface area contributed by atoms with Crippen LogP contribution in [0.25, 0.3) is 0 Å². The van der Waals surface area contributed by atoms with E-state index in [1.54, 1.807) is 12.3 Å². The third-order valence-corrected chi connectivity index (χ3v) is 3.18. The Kier molecular flexibility index (Phi) is 4.10. The first-order chi connectivity index (χ1) is 8.54. The lowest BCUT2D eigenvalue weighted by molar-refractivity contribution is 0.122. The average Bonchev–Trinajstić information content (AvgIpc) is 2.37. The fraction of sp³-hybridized carbons (Fsp3) is 0.600. The third kappa shape index (κ3) is 3.90. The van der Waals surface area contributed by atoms with Crippen molar-refractivity contribution in [1.29, 1.82) is 0 Å². The van der Waals surface area contributed by atoms with Gasteiger partial charge in [0.1, 0.15) is 0 Å². The summed E-state index contributed by atoms with van der Waals surface area (Å²) in [4.78, 5) is 10.5. The molecule has 8 heteroatoms. The van der Waals surface area contributed by atoms with Crippen LogP contribution in [0.2, 0.25) is 0 Å². The maximum atomic E-state index is 11.0.